The highest BCUT2D eigenvalue weighted by atomic mass is 16.7. The first-order valence-corrected chi connectivity index (χ1v) is 43.7. The first kappa shape index (κ1) is 95.3. The van der Waals surface area contributed by atoms with Crippen LogP contribution in [0.4, 0.5) is 0 Å². The van der Waals surface area contributed by atoms with Gasteiger partial charge in [0.2, 0.25) is 5.91 Å². The molecule has 14 nitrogen and oxygen atoms in total. The molecule has 0 aromatic carbocycles. The lowest BCUT2D eigenvalue weighted by atomic mass is 9.97. The summed E-state index contributed by atoms with van der Waals surface area (Å²) in [5.74, 6) is -0.229. The molecule has 2 heterocycles. The molecule has 12 unspecified atom stereocenters. The Labute approximate surface area is 621 Å². The van der Waals surface area contributed by atoms with Gasteiger partial charge in [0.1, 0.15) is 48.8 Å². The van der Waals surface area contributed by atoms with Crippen LogP contribution in [0.1, 0.15) is 418 Å². The number of aliphatic hydroxyl groups excluding tert-OH is 8. The van der Waals surface area contributed by atoms with Gasteiger partial charge in [0.25, 0.3) is 0 Å². The summed E-state index contributed by atoms with van der Waals surface area (Å²) >= 11 is 0. The molecule has 0 radical (unpaired) electrons. The topological polar surface area (TPSA) is 228 Å². The molecule has 2 aliphatic heterocycles. The van der Waals surface area contributed by atoms with Crippen LogP contribution in [0, 0.1) is 0 Å². The standard InChI is InChI=1S/C87H165NO13/c1-3-5-7-9-11-13-15-17-19-21-23-25-27-29-31-32-33-34-35-36-37-38-39-40-41-42-43-44-45-47-49-51-53-55-57-59-61-63-65-67-69-71-79(92)88-75(74-98-86-84(97)82(95)85(78(73-90)100-86)101-87-83(96)81(94)80(93)77(72-89)99-87)76(91)70-68-66-64-62-60-58-56-54-52-50-48-46-30-28-26-24-22-20-18-16-14-12-10-8-6-4-2/h15,17,21,23,68,70,75-78,80-87,89-91,93-97H,3-14,16,18-20,22,24-67,69,71-74H2,1-2H3,(H,88,92)/b17-15-,23-21-,70-68+. The number of nitrogens with one attached hydrogen (secondary N) is 1. The fourth-order valence-electron chi connectivity index (χ4n) is 14.7. The minimum absolute atomic E-state index is 0.229. The number of unbranched alkanes of at least 4 members (excludes halogenated alkanes) is 58. The Morgan fingerprint density at radius 1 is 0.356 bits per heavy atom. The van der Waals surface area contributed by atoms with Crippen molar-refractivity contribution in [3.8, 4) is 0 Å². The SMILES string of the molecule is CCCCCCC/C=C\C/C=C\CCCCCCCCCCCCCCCCCCCCCCCCCCCCCCCC(=O)NC(COC1OC(CO)C(OC2OC(CO)C(O)C(O)C2O)C(O)C1O)C(O)/C=C/CCCCCCCCCCCCCCCCCCCCCCCCCC. The van der Waals surface area contributed by atoms with E-state index in [1.54, 1.807) is 6.08 Å². The van der Waals surface area contributed by atoms with E-state index < -0.39 is 86.8 Å². The number of aliphatic hydroxyl groups is 8. The third-order valence-electron chi connectivity index (χ3n) is 21.6. The molecule has 0 aromatic heterocycles. The molecule has 2 saturated heterocycles. The second kappa shape index (κ2) is 71.1. The van der Waals surface area contributed by atoms with Crippen molar-refractivity contribution in [3.63, 3.8) is 0 Å². The number of amides is 1. The molecule has 12 atom stereocenters. The van der Waals surface area contributed by atoms with Gasteiger partial charge in [-0.05, 0) is 51.4 Å². The number of ether oxygens (including phenoxy) is 4. The molecule has 0 aromatic rings. The lowest BCUT2D eigenvalue weighted by Gasteiger charge is -2.46. The Kier molecular flexibility index (Phi) is 67.1. The fraction of sp³-hybridized carbons (Fsp3) is 0.920. The third kappa shape index (κ3) is 53.6. The van der Waals surface area contributed by atoms with Gasteiger partial charge >= 0.3 is 0 Å². The predicted molar refractivity (Wildman–Crippen MR) is 420 cm³/mol. The Morgan fingerprint density at radius 3 is 0.990 bits per heavy atom. The van der Waals surface area contributed by atoms with Crippen LogP contribution in [0.15, 0.2) is 36.5 Å². The highest BCUT2D eigenvalue weighted by Crippen LogP contribution is 2.31. The van der Waals surface area contributed by atoms with Crippen LogP contribution in [-0.4, -0.2) is 140 Å². The van der Waals surface area contributed by atoms with E-state index in [0.717, 1.165) is 44.9 Å². The van der Waals surface area contributed by atoms with Crippen LogP contribution in [0.5, 0.6) is 0 Å². The summed E-state index contributed by atoms with van der Waals surface area (Å²) in [5.41, 5.74) is 0. The lowest BCUT2D eigenvalue weighted by Crippen LogP contribution is -2.65. The van der Waals surface area contributed by atoms with E-state index in [0.29, 0.717) is 6.42 Å². The molecule has 0 saturated carbocycles. The first-order valence-electron chi connectivity index (χ1n) is 43.7. The number of allylic oxidation sites excluding steroid dienone is 5. The highest BCUT2D eigenvalue weighted by molar-refractivity contribution is 5.76. The monoisotopic (exact) mass is 1430 g/mol. The molecular formula is C87H165NO13. The quantitative estimate of drug-likeness (QED) is 0.0204. The number of hydrogen-bond acceptors (Lipinski definition) is 13. The van der Waals surface area contributed by atoms with Crippen molar-refractivity contribution in [3.05, 3.63) is 36.5 Å². The molecule has 9 N–H and O–H groups in total. The summed E-state index contributed by atoms with van der Waals surface area (Å²) in [4.78, 5) is 13.4. The van der Waals surface area contributed by atoms with E-state index in [1.807, 2.05) is 6.08 Å². The van der Waals surface area contributed by atoms with Crippen molar-refractivity contribution in [1.29, 1.82) is 0 Å². The number of hydrogen-bond donors (Lipinski definition) is 9. The van der Waals surface area contributed by atoms with Gasteiger partial charge in [0, 0.05) is 6.42 Å². The van der Waals surface area contributed by atoms with Crippen molar-refractivity contribution in [2.45, 2.75) is 492 Å². The van der Waals surface area contributed by atoms with Crippen LogP contribution in [0.25, 0.3) is 0 Å². The Morgan fingerprint density at radius 2 is 0.653 bits per heavy atom. The molecular weight excluding hydrogens is 1270 g/mol. The Bertz CT molecular complexity index is 1840. The molecule has 2 fully saturated rings. The summed E-state index contributed by atoms with van der Waals surface area (Å²) < 4.78 is 23.0. The summed E-state index contributed by atoms with van der Waals surface area (Å²) in [6.07, 6.45) is 78.3. The van der Waals surface area contributed by atoms with Crippen LogP contribution in [-0.2, 0) is 23.7 Å². The van der Waals surface area contributed by atoms with Crippen molar-refractivity contribution >= 4 is 5.91 Å². The van der Waals surface area contributed by atoms with Crippen molar-refractivity contribution in [2.75, 3.05) is 19.8 Å². The molecule has 101 heavy (non-hydrogen) atoms. The largest absolute Gasteiger partial charge is 0.394 e. The maximum atomic E-state index is 13.4. The van der Waals surface area contributed by atoms with Gasteiger partial charge in [-0.2, -0.15) is 0 Å². The third-order valence-corrected chi connectivity index (χ3v) is 21.6. The molecule has 2 aliphatic rings. The van der Waals surface area contributed by atoms with E-state index in [1.165, 1.54) is 347 Å². The molecule has 0 aliphatic carbocycles. The van der Waals surface area contributed by atoms with Crippen LogP contribution < -0.4 is 5.32 Å². The predicted octanol–water partition coefficient (Wildman–Crippen LogP) is 20.8. The maximum absolute atomic E-state index is 13.4. The second-order valence-electron chi connectivity index (χ2n) is 31.0. The smallest absolute Gasteiger partial charge is 0.220 e. The second-order valence-corrected chi connectivity index (χ2v) is 31.0. The van der Waals surface area contributed by atoms with E-state index in [9.17, 15) is 45.6 Å². The average Bonchev–Trinajstić information content (AvgIpc) is 0.792. The summed E-state index contributed by atoms with van der Waals surface area (Å²) in [7, 11) is 0. The van der Waals surface area contributed by atoms with Gasteiger partial charge in [0.15, 0.2) is 12.6 Å². The van der Waals surface area contributed by atoms with E-state index in [2.05, 4.69) is 43.5 Å². The Hall–Kier alpha value is -1.79. The van der Waals surface area contributed by atoms with Crippen LogP contribution >= 0.6 is 0 Å². The minimum atomic E-state index is -1.79. The van der Waals surface area contributed by atoms with Gasteiger partial charge in [-0.15, -0.1) is 0 Å². The normalized spacial score (nSPS) is 21.8. The van der Waals surface area contributed by atoms with Crippen molar-refractivity contribution in [1.82, 2.24) is 5.32 Å². The minimum Gasteiger partial charge on any atom is -0.394 e. The van der Waals surface area contributed by atoms with Crippen LogP contribution in [0.2, 0.25) is 0 Å². The molecule has 2 rings (SSSR count). The summed E-state index contributed by atoms with van der Waals surface area (Å²) in [6, 6.07) is -0.914. The summed E-state index contributed by atoms with van der Waals surface area (Å²) in [6.45, 7) is 2.86. The number of carbonyl (C=O) groups is 1. The number of carbonyl (C=O) groups excluding carboxylic acids is 1. The van der Waals surface area contributed by atoms with Gasteiger partial charge in [-0.1, -0.05) is 397 Å². The van der Waals surface area contributed by atoms with Gasteiger partial charge in [0.05, 0.1) is 32.0 Å². The Balaban J connectivity index is 1.55. The lowest BCUT2D eigenvalue weighted by molar-refractivity contribution is -0.359. The van der Waals surface area contributed by atoms with Crippen molar-refractivity contribution in [2.24, 2.45) is 0 Å². The molecule has 596 valence electrons. The van der Waals surface area contributed by atoms with Crippen LogP contribution in [0.3, 0.4) is 0 Å². The highest BCUT2D eigenvalue weighted by Gasteiger charge is 2.51. The first-order chi connectivity index (χ1) is 49.6. The average molecular weight is 1430 g/mol. The maximum Gasteiger partial charge on any atom is 0.220 e. The summed E-state index contributed by atoms with van der Waals surface area (Å²) in [5, 5.41) is 87.8. The van der Waals surface area contributed by atoms with Gasteiger partial charge in [-0.25, -0.2) is 0 Å². The molecule has 0 spiro atoms. The molecule has 1 amide bonds. The van der Waals surface area contributed by atoms with E-state index in [-0.39, 0.29) is 18.9 Å². The van der Waals surface area contributed by atoms with E-state index in [4.69, 9.17) is 18.9 Å². The van der Waals surface area contributed by atoms with Crippen molar-refractivity contribution < 1.29 is 64.6 Å². The fourth-order valence-corrected chi connectivity index (χ4v) is 14.7. The molecule has 0 bridgehead atoms. The number of rotatable bonds is 75. The van der Waals surface area contributed by atoms with Gasteiger partial charge in [-0.3, -0.25) is 4.79 Å². The zero-order valence-corrected chi connectivity index (χ0v) is 65.7. The zero-order chi connectivity index (χ0) is 73.0. The van der Waals surface area contributed by atoms with E-state index >= 15 is 0 Å². The van der Waals surface area contributed by atoms with Gasteiger partial charge < -0.3 is 65.1 Å². The zero-order valence-electron chi connectivity index (χ0n) is 65.7. The molecule has 14 heteroatoms.